The molecule has 148 valence electrons. The number of halogens is 1. The van der Waals surface area contributed by atoms with Crippen molar-refractivity contribution in [2.45, 2.75) is 25.2 Å². The topological polar surface area (TPSA) is 36.9 Å². The van der Waals surface area contributed by atoms with Crippen LogP contribution in [0.15, 0.2) is 67.1 Å². The fourth-order valence-electron chi connectivity index (χ4n) is 4.42. The molecule has 0 aliphatic carbocycles. The van der Waals surface area contributed by atoms with Crippen molar-refractivity contribution < 1.29 is 0 Å². The van der Waals surface area contributed by atoms with Gasteiger partial charge in [-0.1, -0.05) is 35.9 Å². The lowest BCUT2D eigenvalue weighted by Crippen LogP contribution is -2.34. The molecule has 0 amide bonds. The van der Waals surface area contributed by atoms with E-state index in [1.165, 1.54) is 29.4 Å². The third-order valence-electron chi connectivity index (χ3n) is 6.08. The lowest BCUT2D eigenvalue weighted by molar-refractivity contribution is 0.215. The molecule has 5 heteroatoms. The van der Waals surface area contributed by atoms with Crippen LogP contribution in [0.5, 0.6) is 0 Å². The number of aromatic amines is 1. The Morgan fingerprint density at radius 1 is 1.07 bits per heavy atom. The fourth-order valence-corrected chi connectivity index (χ4v) is 4.60. The molecule has 1 saturated heterocycles. The molecule has 1 fully saturated rings. The third kappa shape index (κ3) is 3.96. The SMILES string of the molecule is Clc1ccc2c(C3CCN(CCc4cnn(-c5ccccc5)c4)CC3)c[nH]c2c1. The highest BCUT2D eigenvalue weighted by atomic mass is 35.5. The zero-order chi connectivity index (χ0) is 19.6. The highest BCUT2D eigenvalue weighted by Gasteiger charge is 2.22. The van der Waals surface area contributed by atoms with Gasteiger partial charge >= 0.3 is 0 Å². The number of rotatable bonds is 5. The average Bonchev–Trinajstić information content (AvgIpc) is 3.40. The fraction of sp³-hybridized carbons (Fsp3) is 0.292. The van der Waals surface area contributed by atoms with Gasteiger partial charge in [-0.15, -0.1) is 0 Å². The Morgan fingerprint density at radius 2 is 1.90 bits per heavy atom. The van der Waals surface area contributed by atoms with E-state index in [2.05, 4.69) is 45.6 Å². The number of nitrogens with zero attached hydrogens (tertiary/aromatic N) is 3. The van der Waals surface area contributed by atoms with E-state index in [0.29, 0.717) is 5.92 Å². The van der Waals surface area contributed by atoms with Gasteiger partial charge in [0.05, 0.1) is 11.9 Å². The lowest BCUT2D eigenvalue weighted by atomic mass is 9.89. The smallest absolute Gasteiger partial charge is 0.0645 e. The average molecular weight is 405 g/mol. The summed E-state index contributed by atoms with van der Waals surface area (Å²) in [6, 6.07) is 16.5. The number of benzene rings is 2. The highest BCUT2D eigenvalue weighted by molar-refractivity contribution is 6.31. The van der Waals surface area contributed by atoms with Crippen molar-refractivity contribution in [3.05, 3.63) is 83.3 Å². The first-order chi connectivity index (χ1) is 14.3. The first kappa shape index (κ1) is 18.5. The second kappa shape index (κ2) is 8.05. The molecule has 3 heterocycles. The molecule has 0 unspecified atom stereocenters. The summed E-state index contributed by atoms with van der Waals surface area (Å²) in [5.74, 6) is 0.627. The van der Waals surface area contributed by atoms with E-state index in [0.717, 1.165) is 42.3 Å². The van der Waals surface area contributed by atoms with Crippen LogP contribution in [0.1, 0.15) is 29.9 Å². The maximum atomic E-state index is 6.12. The van der Waals surface area contributed by atoms with E-state index >= 15 is 0 Å². The van der Waals surface area contributed by atoms with Crippen molar-refractivity contribution in [2.24, 2.45) is 0 Å². The van der Waals surface area contributed by atoms with Crippen LogP contribution < -0.4 is 0 Å². The van der Waals surface area contributed by atoms with Gasteiger partial charge in [0.25, 0.3) is 0 Å². The number of piperidine rings is 1. The highest BCUT2D eigenvalue weighted by Crippen LogP contribution is 2.34. The van der Waals surface area contributed by atoms with Gasteiger partial charge in [-0.25, -0.2) is 4.68 Å². The van der Waals surface area contributed by atoms with Crippen molar-refractivity contribution in [1.29, 1.82) is 0 Å². The molecule has 0 saturated carbocycles. The van der Waals surface area contributed by atoms with E-state index in [9.17, 15) is 0 Å². The molecule has 1 aliphatic heterocycles. The number of hydrogen-bond acceptors (Lipinski definition) is 2. The van der Waals surface area contributed by atoms with Gasteiger partial charge in [-0.3, -0.25) is 0 Å². The van der Waals surface area contributed by atoms with Crippen molar-refractivity contribution >= 4 is 22.5 Å². The second-order valence-electron chi connectivity index (χ2n) is 7.93. The Hall–Kier alpha value is -2.56. The van der Waals surface area contributed by atoms with E-state index in [-0.39, 0.29) is 0 Å². The predicted octanol–water partition coefficient (Wildman–Crippen LogP) is 5.43. The van der Waals surface area contributed by atoms with Gasteiger partial charge in [0, 0.05) is 34.9 Å². The number of fused-ring (bicyclic) bond motifs is 1. The van der Waals surface area contributed by atoms with Crippen molar-refractivity contribution in [2.75, 3.05) is 19.6 Å². The van der Waals surface area contributed by atoms with Crippen molar-refractivity contribution in [3.63, 3.8) is 0 Å². The van der Waals surface area contributed by atoms with E-state index in [4.69, 9.17) is 11.6 Å². The standard InChI is InChI=1S/C24H25ClN4/c25-20-6-7-22-23(16-26-24(22)14-20)19-9-12-28(13-10-19)11-8-18-15-27-29(17-18)21-4-2-1-3-5-21/h1-7,14-17,19,26H,8-13H2. The normalized spacial score (nSPS) is 15.9. The largest absolute Gasteiger partial charge is 0.361 e. The van der Waals surface area contributed by atoms with E-state index in [1.807, 2.05) is 41.2 Å². The van der Waals surface area contributed by atoms with Crippen LogP contribution in [0.4, 0.5) is 0 Å². The van der Waals surface area contributed by atoms with Crippen molar-refractivity contribution in [3.8, 4) is 5.69 Å². The predicted molar refractivity (Wildman–Crippen MR) is 119 cm³/mol. The Labute approximate surface area is 176 Å². The first-order valence-corrected chi connectivity index (χ1v) is 10.7. The van der Waals surface area contributed by atoms with Gasteiger partial charge in [-0.05, 0) is 73.7 Å². The molecule has 0 spiro atoms. The molecule has 5 rings (SSSR count). The zero-order valence-corrected chi connectivity index (χ0v) is 17.1. The lowest BCUT2D eigenvalue weighted by Gasteiger charge is -2.31. The molecule has 4 aromatic rings. The maximum absolute atomic E-state index is 6.12. The second-order valence-corrected chi connectivity index (χ2v) is 8.36. The number of aromatic nitrogens is 3. The van der Waals surface area contributed by atoms with Crippen LogP contribution >= 0.6 is 11.6 Å². The van der Waals surface area contributed by atoms with E-state index in [1.54, 1.807) is 0 Å². The molecule has 29 heavy (non-hydrogen) atoms. The molecule has 1 aliphatic rings. The minimum absolute atomic E-state index is 0.627. The van der Waals surface area contributed by atoms with E-state index < -0.39 is 0 Å². The molecule has 0 atom stereocenters. The Morgan fingerprint density at radius 3 is 2.72 bits per heavy atom. The molecule has 0 bridgehead atoms. The Kier molecular flexibility index (Phi) is 5.13. The summed E-state index contributed by atoms with van der Waals surface area (Å²) in [7, 11) is 0. The van der Waals surface area contributed by atoms with Crippen LogP contribution in [0, 0.1) is 0 Å². The van der Waals surface area contributed by atoms with Crippen LogP contribution in [0.25, 0.3) is 16.6 Å². The summed E-state index contributed by atoms with van der Waals surface area (Å²) in [5.41, 5.74) is 5.00. The molecular weight excluding hydrogens is 380 g/mol. The molecule has 0 radical (unpaired) electrons. The number of H-pyrrole nitrogens is 1. The van der Waals surface area contributed by atoms with Gasteiger partial charge < -0.3 is 9.88 Å². The van der Waals surface area contributed by atoms with Gasteiger partial charge in [0.2, 0.25) is 0 Å². The van der Waals surface area contributed by atoms with Gasteiger partial charge in [0.1, 0.15) is 0 Å². The van der Waals surface area contributed by atoms with Crippen LogP contribution in [0.3, 0.4) is 0 Å². The number of hydrogen-bond donors (Lipinski definition) is 1. The Bertz CT molecular complexity index is 1090. The summed E-state index contributed by atoms with van der Waals surface area (Å²) in [6.45, 7) is 3.40. The number of nitrogens with one attached hydrogen (secondary N) is 1. The summed E-state index contributed by atoms with van der Waals surface area (Å²) < 4.78 is 1.96. The van der Waals surface area contributed by atoms with Gasteiger partial charge in [0.15, 0.2) is 0 Å². The minimum Gasteiger partial charge on any atom is -0.361 e. The monoisotopic (exact) mass is 404 g/mol. The third-order valence-corrected chi connectivity index (χ3v) is 6.31. The maximum Gasteiger partial charge on any atom is 0.0645 e. The van der Waals surface area contributed by atoms with Crippen LogP contribution in [-0.4, -0.2) is 39.3 Å². The summed E-state index contributed by atoms with van der Waals surface area (Å²) in [6.07, 6.45) is 9.79. The summed E-state index contributed by atoms with van der Waals surface area (Å²) >= 11 is 6.12. The zero-order valence-electron chi connectivity index (χ0n) is 16.4. The van der Waals surface area contributed by atoms with Crippen molar-refractivity contribution in [1.82, 2.24) is 19.7 Å². The van der Waals surface area contributed by atoms with Crippen LogP contribution in [0.2, 0.25) is 5.02 Å². The molecule has 2 aromatic heterocycles. The van der Waals surface area contributed by atoms with Gasteiger partial charge in [-0.2, -0.15) is 5.10 Å². The summed E-state index contributed by atoms with van der Waals surface area (Å²) in [4.78, 5) is 5.98. The molecule has 2 aromatic carbocycles. The quantitative estimate of drug-likeness (QED) is 0.481. The number of para-hydroxylation sites is 1. The minimum atomic E-state index is 0.627. The molecule has 4 nitrogen and oxygen atoms in total. The molecular formula is C24H25ClN4. The van der Waals surface area contributed by atoms with Crippen LogP contribution in [-0.2, 0) is 6.42 Å². The first-order valence-electron chi connectivity index (χ1n) is 10.3. The molecule has 1 N–H and O–H groups in total. The Balaban J connectivity index is 1.17. The number of likely N-dealkylation sites (tertiary alicyclic amines) is 1. The summed E-state index contributed by atoms with van der Waals surface area (Å²) in [5, 5.41) is 6.63.